The number of nitrogens with two attached hydrogens (primary N) is 1. The number of hydrogen-bond donors (Lipinski definition) is 2. The van der Waals surface area contributed by atoms with Crippen molar-refractivity contribution in [1.82, 2.24) is 24.5 Å². The van der Waals surface area contributed by atoms with Crippen molar-refractivity contribution in [3.05, 3.63) is 29.3 Å². The molecule has 8 nitrogen and oxygen atoms in total. The van der Waals surface area contributed by atoms with Crippen LogP contribution in [0.15, 0.2) is 12.5 Å². The maximum Gasteiger partial charge on any atom is 0.224 e. The van der Waals surface area contributed by atoms with Crippen molar-refractivity contribution in [1.29, 1.82) is 0 Å². The van der Waals surface area contributed by atoms with E-state index in [0.29, 0.717) is 29.4 Å². The molecule has 0 atom stereocenters. The molecular formula is C18H25N7O. The van der Waals surface area contributed by atoms with Gasteiger partial charge in [0, 0.05) is 23.9 Å². The molecule has 8 heteroatoms. The fraction of sp³-hybridized carbons (Fsp3) is 0.444. The lowest BCUT2D eigenvalue weighted by Crippen LogP contribution is -2.12. The highest BCUT2D eigenvalue weighted by Gasteiger charge is 2.15. The molecule has 0 aliphatic carbocycles. The maximum absolute atomic E-state index is 5.91. The molecule has 0 aromatic carbocycles. The van der Waals surface area contributed by atoms with Gasteiger partial charge in [-0.1, -0.05) is 13.8 Å². The minimum atomic E-state index is 0.219. The third-order valence-corrected chi connectivity index (χ3v) is 4.23. The Morgan fingerprint density at radius 3 is 2.69 bits per heavy atom. The molecule has 3 N–H and O–H groups in total. The number of ether oxygens (including phenoxy) is 1. The highest BCUT2D eigenvalue weighted by molar-refractivity contribution is 5.84. The summed E-state index contributed by atoms with van der Waals surface area (Å²) in [6.45, 7) is 9.56. The van der Waals surface area contributed by atoms with E-state index in [1.54, 1.807) is 13.4 Å². The molecule has 0 saturated heterocycles. The van der Waals surface area contributed by atoms with Crippen molar-refractivity contribution in [3.8, 4) is 5.75 Å². The number of imidazole rings is 1. The van der Waals surface area contributed by atoms with Crippen molar-refractivity contribution in [2.24, 2.45) is 5.92 Å². The summed E-state index contributed by atoms with van der Waals surface area (Å²) < 4.78 is 7.42. The third kappa shape index (κ3) is 3.40. The van der Waals surface area contributed by atoms with Gasteiger partial charge in [-0.05, 0) is 19.8 Å². The van der Waals surface area contributed by atoms with Crippen LogP contribution in [0, 0.1) is 19.8 Å². The lowest BCUT2D eigenvalue weighted by atomic mass is 10.1. The second-order valence-electron chi connectivity index (χ2n) is 6.80. The van der Waals surface area contributed by atoms with Gasteiger partial charge in [-0.15, -0.1) is 0 Å². The number of hydrogen-bond acceptors (Lipinski definition) is 7. The highest BCUT2D eigenvalue weighted by atomic mass is 16.5. The molecule has 0 radical (unpaired) electrons. The Kier molecular flexibility index (Phi) is 4.92. The first kappa shape index (κ1) is 17.9. The van der Waals surface area contributed by atoms with Crippen LogP contribution < -0.4 is 15.8 Å². The number of nitrogen functional groups attached to an aromatic ring is 1. The molecule has 3 heterocycles. The number of nitrogens with one attached hydrogen (secondary N) is 1. The van der Waals surface area contributed by atoms with Gasteiger partial charge in [-0.3, -0.25) is 4.98 Å². The van der Waals surface area contributed by atoms with Crippen molar-refractivity contribution in [3.63, 3.8) is 0 Å². The molecule has 0 bridgehead atoms. The van der Waals surface area contributed by atoms with Crippen LogP contribution in [0.2, 0.25) is 0 Å². The van der Waals surface area contributed by atoms with Gasteiger partial charge < -0.3 is 20.4 Å². The summed E-state index contributed by atoms with van der Waals surface area (Å²) >= 11 is 0. The van der Waals surface area contributed by atoms with E-state index in [4.69, 9.17) is 10.5 Å². The largest absolute Gasteiger partial charge is 0.496 e. The van der Waals surface area contributed by atoms with E-state index in [1.165, 1.54) is 0 Å². The molecule has 0 unspecified atom stereocenters. The van der Waals surface area contributed by atoms with Gasteiger partial charge in [0.25, 0.3) is 0 Å². The molecule has 0 amide bonds. The average Bonchev–Trinajstić information content (AvgIpc) is 2.98. The molecule has 3 aromatic heterocycles. The van der Waals surface area contributed by atoms with Crippen molar-refractivity contribution < 1.29 is 4.74 Å². The standard InChI is InChI=1S/C18H25N7O/c1-10(2)6-21-16-14-17(24-18(19)23-16)25(9-22-14)8-13-12(4)15(26-5)11(3)7-20-13/h7,9-10H,6,8H2,1-5H3,(H3,19,21,23,24). The summed E-state index contributed by atoms with van der Waals surface area (Å²) in [5, 5.41) is 3.30. The van der Waals surface area contributed by atoms with Crippen LogP contribution in [0.5, 0.6) is 5.75 Å². The first-order valence-corrected chi connectivity index (χ1v) is 8.62. The van der Waals surface area contributed by atoms with Crippen LogP contribution in [0.3, 0.4) is 0 Å². The van der Waals surface area contributed by atoms with Gasteiger partial charge in [0.15, 0.2) is 17.0 Å². The SMILES string of the molecule is COc1c(C)cnc(Cn2cnc3c(NCC(C)C)nc(N)nc32)c1C. The average molecular weight is 355 g/mol. The molecule has 26 heavy (non-hydrogen) atoms. The van der Waals surface area contributed by atoms with Crippen LogP contribution in [-0.4, -0.2) is 38.2 Å². The fourth-order valence-corrected chi connectivity index (χ4v) is 2.89. The van der Waals surface area contributed by atoms with E-state index in [0.717, 1.165) is 29.1 Å². The lowest BCUT2D eigenvalue weighted by Gasteiger charge is -2.13. The number of nitrogens with zero attached hydrogens (tertiary/aromatic N) is 5. The second-order valence-corrected chi connectivity index (χ2v) is 6.80. The molecular weight excluding hydrogens is 330 g/mol. The van der Waals surface area contributed by atoms with E-state index in [9.17, 15) is 0 Å². The summed E-state index contributed by atoms with van der Waals surface area (Å²) in [6.07, 6.45) is 3.56. The molecule has 3 rings (SSSR count). The molecule has 138 valence electrons. The van der Waals surface area contributed by atoms with Crippen molar-refractivity contribution in [2.45, 2.75) is 34.2 Å². The molecule has 0 fully saturated rings. The van der Waals surface area contributed by atoms with Gasteiger partial charge in [0.1, 0.15) is 5.75 Å². The number of fused-ring (bicyclic) bond motifs is 1. The van der Waals surface area contributed by atoms with Gasteiger partial charge >= 0.3 is 0 Å². The van der Waals surface area contributed by atoms with Gasteiger partial charge in [0.05, 0.1) is 25.7 Å². The quantitative estimate of drug-likeness (QED) is 0.700. The highest BCUT2D eigenvalue weighted by Crippen LogP contribution is 2.26. The number of pyridine rings is 1. The van der Waals surface area contributed by atoms with E-state index in [2.05, 4.69) is 39.1 Å². The summed E-state index contributed by atoms with van der Waals surface area (Å²) in [4.78, 5) is 17.7. The minimum Gasteiger partial charge on any atom is -0.496 e. The number of rotatable bonds is 6. The molecule has 0 aliphatic rings. The van der Waals surface area contributed by atoms with Crippen LogP contribution in [-0.2, 0) is 6.54 Å². The zero-order valence-electron chi connectivity index (χ0n) is 15.9. The Labute approximate surface area is 152 Å². The normalized spacial score (nSPS) is 11.3. The predicted molar refractivity (Wildman–Crippen MR) is 102 cm³/mol. The molecule has 3 aromatic rings. The van der Waals surface area contributed by atoms with Crippen molar-refractivity contribution >= 4 is 22.9 Å². The smallest absolute Gasteiger partial charge is 0.224 e. The summed E-state index contributed by atoms with van der Waals surface area (Å²) in [5.41, 5.74) is 10.2. The number of aryl methyl sites for hydroxylation is 1. The topological polar surface area (TPSA) is 104 Å². The fourth-order valence-electron chi connectivity index (χ4n) is 2.89. The van der Waals surface area contributed by atoms with E-state index in [-0.39, 0.29) is 5.95 Å². The maximum atomic E-state index is 5.91. The third-order valence-electron chi connectivity index (χ3n) is 4.23. The van der Waals surface area contributed by atoms with E-state index in [1.807, 2.05) is 24.6 Å². The Morgan fingerprint density at radius 2 is 2.00 bits per heavy atom. The predicted octanol–water partition coefficient (Wildman–Crippen LogP) is 2.55. The minimum absolute atomic E-state index is 0.219. The first-order valence-electron chi connectivity index (χ1n) is 8.62. The second kappa shape index (κ2) is 7.15. The van der Waals surface area contributed by atoms with Crippen LogP contribution >= 0.6 is 0 Å². The Hall–Kier alpha value is -2.90. The van der Waals surface area contributed by atoms with E-state index >= 15 is 0 Å². The number of anilines is 2. The monoisotopic (exact) mass is 355 g/mol. The number of methoxy groups -OCH3 is 1. The van der Waals surface area contributed by atoms with Crippen LogP contribution in [0.1, 0.15) is 30.7 Å². The number of aromatic nitrogens is 5. The molecule has 0 aliphatic heterocycles. The lowest BCUT2D eigenvalue weighted by molar-refractivity contribution is 0.406. The zero-order valence-corrected chi connectivity index (χ0v) is 15.9. The van der Waals surface area contributed by atoms with Gasteiger partial charge in [-0.25, -0.2) is 4.98 Å². The van der Waals surface area contributed by atoms with Crippen LogP contribution in [0.25, 0.3) is 11.2 Å². The molecule has 0 saturated carbocycles. The summed E-state index contributed by atoms with van der Waals surface area (Å²) in [6, 6.07) is 0. The Bertz CT molecular complexity index is 933. The summed E-state index contributed by atoms with van der Waals surface area (Å²) in [7, 11) is 1.67. The van der Waals surface area contributed by atoms with Crippen molar-refractivity contribution in [2.75, 3.05) is 24.7 Å². The van der Waals surface area contributed by atoms with Crippen LogP contribution in [0.4, 0.5) is 11.8 Å². The summed E-state index contributed by atoms with van der Waals surface area (Å²) in [5.74, 6) is 2.21. The first-order chi connectivity index (χ1) is 12.4. The van der Waals surface area contributed by atoms with Gasteiger partial charge in [-0.2, -0.15) is 9.97 Å². The Balaban J connectivity index is 2.00. The van der Waals surface area contributed by atoms with E-state index < -0.39 is 0 Å². The molecule has 0 spiro atoms. The zero-order chi connectivity index (χ0) is 18.8. The Morgan fingerprint density at radius 1 is 1.23 bits per heavy atom. The van der Waals surface area contributed by atoms with Gasteiger partial charge in [0.2, 0.25) is 5.95 Å².